The third-order valence-corrected chi connectivity index (χ3v) is 4.02. The molecule has 0 amide bonds. The molecule has 88 valence electrons. The molecule has 0 radical (unpaired) electrons. The van der Waals surface area contributed by atoms with E-state index in [0.717, 1.165) is 26.0 Å². The van der Waals surface area contributed by atoms with E-state index >= 15 is 0 Å². The van der Waals surface area contributed by atoms with Crippen LogP contribution in [0.25, 0.3) is 21.5 Å². The Morgan fingerprint density at radius 1 is 0.722 bits per heavy atom. The third kappa shape index (κ3) is 1.65. The van der Waals surface area contributed by atoms with Crippen LogP contribution in [0, 0.1) is 0 Å². The Morgan fingerprint density at radius 3 is 1.72 bits per heavy atom. The molecular formula is C14H10BBrO2. The number of hydrogen-bond acceptors (Lipinski definition) is 2. The minimum absolute atomic E-state index is 0.518. The van der Waals surface area contributed by atoms with E-state index in [-0.39, 0.29) is 0 Å². The van der Waals surface area contributed by atoms with E-state index in [1.807, 2.05) is 48.5 Å². The van der Waals surface area contributed by atoms with Crippen LogP contribution in [0.5, 0.6) is 0 Å². The smallest absolute Gasteiger partial charge is 0.423 e. The van der Waals surface area contributed by atoms with E-state index in [2.05, 4.69) is 15.9 Å². The first kappa shape index (κ1) is 11.7. The van der Waals surface area contributed by atoms with Crippen molar-refractivity contribution in [3.8, 4) is 0 Å². The molecule has 0 aliphatic rings. The first-order chi connectivity index (χ1) is 8.70. The van der Waals surface area contributed by atoms with Gasteiger partial charge in [-0.25, -0.2) is 0 Å². The number of halogens is 1. The van der Waals surface area contributed by atoms with Gasteiger partial charge in [0.25, 0.3) is 0 Å². The lowest BCUT2D eigenvalue weighted by atomic mass is 9.76. The van der Waals surface area contributed by atoms with Gasteiger partial charge in [0.2, 0.25) is 0 Å². The highest BCUT2D eigenvalue weighted by molar-refractivity contribution is 9.10. The molecule has 3 aromatic carbocycles. The molecule has 0 fully saturated rings. The van der Waals surface area contributed by atoms with Crippen molar-refractivity contribution in [3.63, 3.8) is 0 Å². The molecule has 18 heavy (non-hydrogen) atoms. The molecule has 0 unspecified atom stereocenters. The monoisotopic (exact) mass is 300 g/mol. The molecule has 0 heterocycles. The highest BCUT2D eigenvalue weighted by atomic mass is 79.9. The summed E-state index contributed by atoms with van der Waals surface area (Å²) in [6.45, 7) is 0. The summed E-state index contributed by atoms with van der Waals surface area (Å²) < 4.78 is 0.742. The zero-order valence-electron chi connectivity index (χ0n) is 9.47. The molecule has 0 bridgehead atoms. The third-order valence-electron chi connectivity index (χ3n) is 3.17. The van der Waals surface area contributed by atoms with Crippen molar-refractivity contribution in [2.24, 2.45) is 0 Å². The standard InChI is InChI=1S/C14H10BBrO2/c16-14-12-8-4-2-6-10(12)9-5-1-3-7-11(9)13(14)15(17)18/h1-8,17-18H. The van der Waals surface area contributed by atoms with Crippen molar-refractivity contribution in [2.45, 2.75) is 0 Å². The SMILES string of the molecule is OB(O)c1c(Br)c2ccccc2c2ccccc12. The van der Waals surface area contributed by atoms with Crippen LogP contribution in [0.15, 0.2) is 53.0 Å². The Bertz CT molecular complexity index is 740. The largest absolute Gasteiger partial charge is 0.490 e. The van der Waals surface area contributed by atoms with Gasteiger partial charge < -0.3 is 10.0 Å². The second kappa shape index (κ2) is 4.39. The summed E-state index contributed by atoms with van der Waals surface area (Å²) in [7, 11) is -1.49. The normalized spacial score (nSPS) is 11.1. The topological polar surface area (TPSA) is 40.5 Å². The minimum atomic E-state index is -1.49. The lowest BCUT2D eigenvalue weighted by molar-refractivity contribution is 0.426. The molecular weight excluding hydrogens is 291 g/mol. The Morgan fingerprint density at radius 2 is 1.17 bits per heavy atom. The Labute approximate surface area is 113 Å². The average Bonchev–Trinajstić information content (AvgIpc) is 2.39. The van der Waals surface area contributed by atoms with Crippen LogP contribution < -0.4 is 5.46 Å². The zero-order chi connectivity index (χ0) is 12.7. The molecule has 0 atom stereocenters. The van der Waals surface area contributed by atoms with Crippen molar-refractivity contribution in [1.82, 2.24) is 0 Å². The van der Waals surface area contributed by atoms with E-state index < -0.39 is 7.12 Å². The van der Waals surface area contributed by atoms with Gasteiger partial charge in [-0.2, -0.15) is 0 Å². The zero-order valence-corrected chi connectivity index (χ0v) is 11.1. The van der Waals surface area contributed by atoms with Crippen molar-refractivity contribution >= 4 is 50.1 Å². The summed E-state index contributed by atoms with van der Waals surface area (Å²) in [5.74, 6) is 0. The molecule has 2 N–H and O–H groups in total. The molecule has 2 nitrogen and oxygen atoms in total. The molecule has 0 spiro atoms. The first-order valence-corrected chi connectivity index (χ1v) is 6.44. The highest BCUT2D eigenvalue weighted by Crippen LogP contribution is 2.30. The van der Waals surface area contributed by atoms with Gasteiger partial charge in [0.15, 0.2) is 0 Å². The molecule has 0 aliphatic heterocycles. The fraction of sp³-hybridized carbons (Fsp3) is 0. The first-order valence-electron chi connectivity index (χ1n) is 5.65. The van der Waals surface area contributed by atoms with E-state index in [1.54, 1.807) is 0 Å². The van der Waals surface area contributed by atoms with Gasteiger partial charge in [-0.15, -0.1) is 0 Å². The van der Waals surface area contributed by atoms with Gasteiger partial charge >= 0.3 is 7.12 Å². The molecule has 3 rings (SSSR count). The van der Waals surface area contributed by atoms with Crippen LogP contribution in [0.1, 0.15) is 0 Å². The van der Waals surface area contributed by atoms with E-state index in [4.69, 9.17) is 0 Å². The maximum atomic E-state index is 9.59. The van der Waals surface area contributed by atoms with Crippen molar-refractivity contribution in [2.75, 3.05) is 0 Å². The number of hydrogen-bond donors (Lipinski definition) is 2. The van der Waals surface area contributed by atoms with Gasteiger partial charge in [0.1, 0.15) is 0 Å². The Kier molecular flexibility index (Phi) is 2.86. The maximum Gasteiger partial charge on any atom is 0.490 e. The summed E-state index contributed by atoms with van der Waals surface area (Å²) in [6.07, 6.45) is 0. The van der Waals surface area contributed by atoms with Crippen LogP contribution >= 0.6 is 15.9 Å². The van der Waals surface area contributed by atoms with Crippen LogP contribution in [0.2, 0.25) is 0 Å². The predicted octanol–water partition coefficient (Wildman–Crippen LogP) is 2.44. The van der Waals surface area contributed by atoms with Gasteiger partial charge in [0.05, 0.1) is 0 Å². The summed E-state index contributed by atoms with van der Waals surface area (Å²) in [5.41, 5.74) is 0.518. The molecule has 4 heteroatoms. The summed E-state index contributed by atoms with van der Waals surface area (Å²) in [4.78, 5) is 0. The van der Waals surface area contributed by atoms with Gasteiger partial charge in [-0.3, -0.25) is 0 Å². The van der Waals surface area contributed by atoms with Crippen molar-refractivity contribution in [3.05, 3.63) is 53.0 Å². The summed E-state index contributed by atoms with van der Waals surface area (Å²) in [6, 6.07) is 15.7. The summed E-state index contributed by atoms with van der Waals surface area (Å²) in [5, 5.41) is 23.1. The number of rotatable bonds is 1. The van der Waals surface area contributed by atoms with Gasteiger partial charge in [-0.05, 0) is 21.5 Å². The lowest BCUT2D eigenvalue weighted by Crippen LogP contribution is -2.32. The predicted molar refractivity (Wildman–Crippen MR) is 79.0 cm³/mol. The fourth-order valence-corrected chi connectivity index (χ4v) is 3.14. The molecule has 0 aromatic heterocycles. The maximum absolute atomic E-state index is 9.59. The lowest BCUT2D eigenvalue weighted by Gasteiger charge is -2.12. The Hall–Kier alpha value is -1.36. The van der Waals surface area contributed by atoms with Gasteiger partial charge in [-0.1, -0.05) is 64.5 Å². The second-order valence-electron chi connectivity index (χ2n) is 4.19. The van der Waals surface area contributed by atoms with Crippen LogP contribution in [-0.2, 0) is 0 Å². The summed E-state index contributed by atoms with van der Waals surface area (Å²) >= 11 is 3.48. The van der Waals surface area contributed by atoms with Crippen LogP contribution in [0.4, 0.5) is 0 Å². The second-order valence-corrected chi connectivity index (χ2v) is 4.99. The van der Waals surface area contributed by atoms with Crippen LogP contribution in [-0.4, -0.2) is 17.2 Å². The average molecular weight is 301 g/mol. The Balaban J connectivity index is 2.62. The molecule has 0 saturated heterocycles. The minimum Gasteiger partial charge on any atom is -0.423 e. The quantitative estimate of drug-likeness (QED) is 0.535. The molecule has 0 saturated carbocycles. The van der Waals surface area contributed by atoms with Gasteiger partial charge in [0, 0.05) is 9.94 Å². The number of fused-ring (bicyclic) bond motifs is 3. The van der Waals surface area contributed by atoms with Crippen molar-refractivity contribution in [1.29, 1.82) is 0 Å². The number of benzene rings is 3. The fourth-order valence-electron chi connectivity index (χ4n) is 2.38. The van der Waals surface area contributed by atoms with Crippen molar-refractivity contribution < 1.29 is 10.0 Å². The van der Waals surface area contributed by atoms with E-state index in [9.17, 15) is 10.0 Å². The molecule has 3 aromatic rings. The van der Waals surface area contributed by atoms with E-state index in [1.165, 1.54) is 0 Å². The molecule has 0 aliphatic carbocycles. The van der Waals surface area contributed by atoms with E-state index in [0.29, 0.717) is 5.46 Å². The highest BCUT2D eigenvalue weighted by Gasteiger charge is 2.21. The van der Waals surface area contributed by atoms with Crippen LogP contribution in [0.3, 0.4) is 0 Å².